The number of hydrogen-bond acceptors (Lipinski definition) is 5. The zero-order valence-corrected chi connectivity index (χ0v) is 18.7. The number of hydrogen-bond donors (Lipinski definition) is 2. The molecule has 2 heterocycles. The van der Waals surface area contributed by atoms with E-state index in [2.05, 4.69) is 26.0 Å². The number of methoxy groups -OCH3 is 1. The van der Waals surface area contributed by atoms with Crippen LogP contribution in [-0.2, 0) is 4.79 Å². The van der Waals surface area contributed by atoms with Crippen molar-refractivity contribution in [3.63, 3.8) is 0 Å². The normalized spacial score (nSPS) is 19.4. The van der Waals surface area contributed by atoms with Gasteiger partial charge in [0.25, 0.3) is 0 Å². The predicted octanol–water partition coefficient (Wildman–Crippen LogP) is 4.34. The second kappa shape index (κ2) is 8.21. The molecule has 3 aromatic rings. The Hall–Kier alpha value is -3.09. The Morgan fingerprint density at radius 3 is 2.42 bits per heavy atom. The van der Waals surface area contributed by atoms with Crippen LogP contribution in [-0.4, -0.2) is 33.6 Å². The van der Waals surface area contributed by atoms with Crippen LogP contribution in [0, 0.1) is 5.41 Å². The number of benzene rings is 1. The second-order valence-electron chi connectivity index (χ2n) is 9.36. The van der Waals surface area contributed by atoms with E-state index in [4.69, 9.17) is 10.5 Å². The first-order valence-electron chi connectivity index (χ1n) is 10.8. The van der Waals surface area contributed by atoms with Crippen LogP contribution in [0.15, 0.2) is 36.8 Å². The molecule has 0 atom stereocenters. The Kier molecular flexibility index (Phi) is 5.60. The quantitative estimate of drug-likeness (QED) is 0.654. The first kappa shape index (κ1) is 21.2. The fraction of sp³-hybridized carbons (Fsp3) is 0.458. The number of nitrogen functional groups attached to an aromatic ring is 1. The minimum Gasteiger partial charge on any atom is -0.497 e. The molecule has 0 aliphatic heterocycles. The Morgan fingerprint density at radius 2 is 1.81 bits per heavy atom. The zero-order valence-electron chi connectivity index (χ0n) is 18.7. The number of aromatic nitrogens is 3. The van der Waals surface area contributed by atoms with Crippen LogP contribution in [0.3, 0.4) is 0 Å². The largest absolute Gasteiger partial charge is 0.497 e. The van der Waals surface area contributed by atoms with Crippen molar-refractivity contribution >= 4 is 22.8 Å². The summed E-state index contributed by atoms with van der Waals surface area (Å²) in [4.78, 5) is 21.2. The van der Waals surface area contributed by atoms with E-state index < -0.39 is 0 Å². The van der Waals surface area contributed by atoms with Gasteiger partial charge < -0.3 is 20.4 Å². The summed E-state index contributed by atoms with van der Waals surface area (Å²) in [6, 6.07) is 8.49. The SMILES string of the molecule is COc1ccc(-c2cn(C3CCC(NC(=O)C(C)(C)C)CC3)c3ncnc(N)c23)cc1. The van der Waals surface area contributed by atoms with E-state index >= 15 is 0 Å². The van der Waals surface area contributed by atoms with Gasteiger partial charge in [-0.2, -0.15) is 0 Å². The molecule has 1 aliphatic rings. The highest BCUT2D eigenvalue weighted by Gasteiger charge is 2.29. The highest BCUT2D eigenvalue weighted by Crippen LogP contribution is 2.38. The van der Waals surface area contributed by atoms with Crippen molar-refractivity contribution in [3.8, 4) is 16.9 Å². The van der Waals surface area contributed by atoms with Crippen LogP contribution >= 0.6 is 0 Å². The molecule has 2 aromatic heterocycles. The van der Waals surface area contributed by atoms with Crippen molar-refractivity contribution in [2.45, 2.75) is 58.5 Å². The van der Waals surface area contributed by atoms with Crippen molar-refractivity contribution in [2.75, 3.05) is 12.8 Å². The lowest BCUT2D eigenvalue weighted by Crippen LogP contribution is -2.43. The molecule has 7 heteroatoms. The van der Waals surface area contributed by atoms with Gasteiger partial charge in [-0.1, -0.05) is 32.9 Å². The number of ether oxygens (including phenoxy) is 1. The standard InChI is InChI=1S/C24H31N5O2/c1-24(2,3)23(30)28-16-7-9-17(10-8-16)29-13-19(15-5-11-18(31-4)12-6-15)20-21(25)26-14-27-22(20)29/h5-6,11-14,16-17H,7-10H2,1-4H3,(H,28,30)(H2,25,26,27). The van der Waals surface area contributed by atoms with Gasteiger partial charge in [0.15, 0.2) is 0 Å². The van der Waals surface area contributed by atoms with Crippen molar-refractivity contribution in [1.29, 1.82) is 0 Å². The molecule has 3 N–H and O–H groups in total. The van der Waals surface area contributed by atoms with Gasteiger partial charge in [-0.25, -0.2) is 9.97 Å². The summed E-state index contributed by atoms with van der Waals surface area (Å²) in [5.41, 5.74) is 8.85. The molecule has 4 rings (SSSR count). The number of nitrogens with one attached hydrogen (secondary N) is 1. The molecule has 1 saturated carbocycles. The van der Waals surface area contributed by atoms with Crippen molar-refractivity contribution < 1.29 is 9.53 Å². The van der Waals surface area contributed by atoms with Gasteiger partial charge in [0.2, 0.25) is 5.91 Å². The first-order chi connectivity index (χ1) is 14.8. The number of fused-ring (bicyclic) bond motifs is 1. The fourth-order valence-electron chi connectivity index (χ4n) is 4.28. The zero-order chi connectivity index (χ0) is 22.2. The van der Waals surface area contributed by atoms with Crippen molar-refractivity contribution in [2.24, 2.45) is 5.41 Å². The van der Waals surface area contributed by atoms with Gasteiger partial charge in [-0.05, 0) is 43.4 Å². The maximum Gasteiger partial charge on any atom is 0.225 e. The van der Waals surface area contributed by atoms with E-state index in [0.29, 0.717) is 11.9 Å². The topological polar surface area (TPSA) is 95.1 Å². The monoisotopic (exact) mass is 421 g/mol. The number of amides is 1. The van der Waals surface area contributed by atoms with E-state index in [1.165, 1.54) is 6.33 Å². The summed E-state index contributed by atoms with van der Waals surface area (Å²) < 4.78 is 7.54. The third-order valence-electron chi connectivity index (χ3n) is 6.15. The van der Waals surface area contributed by atoms with Crippen LogP contribution in [0.25, 0.3) is 22.2 Å². The summed E-state index contributed by atoms with van der Waals surface area (Å²) in [5, 5.41) is 4.10. The Labute approximate surface area is 183 Å². The highest BCUT2D eigenvalue weighted by atomic mass is 16.5. The smallest absolute Gasteiger partial charge is 0.225 e. The molecule has 31 heavy (non-hydrogen) atoms. The van der Waals surface area contributed by atoms with Crippen LogP contribution in [0.5, 0.6) is 5.75 Å². The molecule has 0 bridgehead atoms. The third kappa shape index (κ3) is 4.22. The van der Waals surface area contributed by atoms with E-state index in [0.717, 1.165) is 53.6 Å². The van der Waals surface area contributed by atoms with Gasteiger partial charge in [0.1, 0.15) is 23.5 Å². The van der Waals surface area contributed by atoms with Crippen LogP contribution < -0.4 is 15.8 Å². The lowest BCUT2D eigenvalue weighted by molar-refractivity contribution is -0.129. The summed E-state index contributed by atoms with van der Waals surface area (Å²) in [6.45, 7) is 5.85. The van der Waals surface area contributed by atoms with E-state index in [1.54, 1.807) is 7.11 Å². The summed E-state index contributed by atoms with van der Waals surface area (Å²) in [5.74, 6) is 1.41. The molecule has 1 fully saturated rings. The maximum atomic E-state index is 12.3. The molecule has 0 spiro atoms. The van der Waals surface area contributed by atoms with Gasteiger partial charge >= 0.3 is 0 Å². The molecule has 7 nitrogen and oxygen atoms in total. The predicted molar refractivity (Wildman–Crippen MR) is 123 cm³/mol. The summed E-state index contributed by atoms with van der Waals surface area (Å²) in [6.07, 6.45) is 7.53. The molecule has 1 aromatic carbocycles. The van der Waals surface area contributed by atoms with Crippen LogP contribution in [0.4, 0.5) is 5.82 Å². The van der Waals surface area contributed by atoms with Crippen molar-refractivity contribution in [1.82, 2.24) is 19.9 Å². The number of anilines is 1. The first-order valence-corrected chi connectivity index (χ1v) is 10.8. The highest BCUT2D eigenvalue weighted by molar-refractivity contribution is 6.00. The number of carbonyl (C=O) groups is 1. The van der Waals surface area contributed by atoms with Crippen molar-refractivity contribution in [3.05, 3.63) is 36.8 Å². The van der Waals surface area contributed by atoms with E-state index in [9.17, 15) is 4.79 Å². The maximum absolute atomic E-state index is 12.3. The van der Waals surface area contributed by atoms with Crippen LogP contribution in [0.2, 0.25) is 0 Å². The summed E-state index contributed by atoms with van der Waals surface area (Å²) in [7, 11) is 1.66. The van der Waals surface area contributed by atoms with Gasteiger partial charge in [-0.3, -0.25) is 4.79 Å². The molecular weight excluding hydrogens is 390 g/mol. The molecule has 1 aliphatic carbocycles. The van der Waals surface area contributed by atoms with Gasteiger partial charge in [0, 0.05) is 29.3 Å². The average molecular weight is 422 g/mol. The molecule has 164 valence electrons. The molecular formula is C24H31N5O2. The molecule has 1 amide bonds. The number of nitrogens with two attached hydrogens (primary N) is 1. The summed E-state index contributed by atoms with van der Waals surface area (Å²) >= 11 is 0. The fourth-order valence-corrected chi connectivity index (χ4v) is 4.28. The second-order valence-corrected chi connectivity index (χ2v) is 9.36. The van der Waals surface area contributed by atoms with Gasteiger partial charge in [-0.15, -0.1) is 0 Å². The van der Waals surface area contributed by atoms with Gasteiger partial charge in [0.05, 0.1) is 12.5 Å². The lowest BCUT2D eigenvalue weighted by Gasteiger charge is -2.32. The molecule has 0 radical (unpaired) electrons. The lowest BCUT2D eigenvalue weighted by atomic mass is 9.89. The van der Waals surface area contributed by atoms with Crippen LogP contribution in [0.1, 0.15) is 52.5 Å². The Morgan fingerprint density at radius 1 is 1.13 bits per heavy atom. The third-order valence-corrected chi connectivity index (χ3v) is 6.15. The molecule has 0 unspecified atom stereocenters. The number of rotatable bonds is 4. The minimum absolute atomic E-state index is 0.115. The van der Waals surface area contributed by atoms with E-state index in [1.807, 2.05) is 45.0 Å². The molecule has 0 saturated heterocycles. The Bertz CT molecular complexity index is 1070. The van der Waals surface area contributed by atoms with E-state index in [-0.39, 0.29) is 17.4 Å². The Balaban J connectivity index is 1.60. The number of nitrogens with zero attached hydrogens (tertiary/aromatic N) is 3. The average Bonchev–Trinajstić information content (AvgIpc) is 3.15. The minimum atomic E-state index is -0.366. The number of carbonyl (C=O) groups excluding carboxylic acids is 1.